The van der Waals surface area contributed by atoms with Gasteiger partial charge in [0.1, 0.15) is 5.76 Å². The van der Waals surface area contributed by atoms with Crippen LogP contribution in [0, 0.1) is 0 Å². The number of amides is 2. The van der Waals surface area contributed by atoms with Crippen LogP contribution in [0.4, 0.5) is 9.93 Å². The van der Waals surface area contributed by atoms with Gasteiger partial charge in [-0.2, -0.15) is 0 Å². The number of rotatable bonds is 1. The molecule has 0 fully saturated rings. The smallest absolute Gasteiger partial charge is 0.323 e. The Morgan fingerprint density at radius 3 is 3.27 bits per heavy atom. The van der Waals surface area contributed by atoms with Crippen LogP contribution in [-0.4, -0.2) is 29.1 Å². The first kappa shape index (κ1) is 13.8. The Kier molecular flexibility index (Phi) is 3.59. The van der Waals surface area contributed by atoms with Crippen LogP contribution in [0.3, 0.4) is 0 Å². The average molecular weight is 319 g/mol. The van der Waals surface area contributed by atoms with Crippen LogP contribution in [0.25, 0.3) is 0 Å². The molecule has 0 spiro atoms. The van der Waals surface area contributed by atoms with Crippen molar-refractivity contribution in [1.29, 1.82) is 0 Å². The lowest BCUT2D eigenvalue weighted by molar-refractivity contribution is 0.112. The number of nitrogens with zero attached hydrogens (tertiary/aromatic N) is 2. The summed E-state index contributed by atoms with van der Waals surface area (Å²) in [4.78, 5) is 19.9. The number of fused-ring (bicyclic) bond motifs is 2. The van der Waals surface area contributed by atoms with Crippen LogP contribution >= 0.6 is 11.3 Å². The van der Waals surface area contributed by atoms with Crippen LogP contribution in [0.5, 0.6) is 0 Å². The quantitative estimate of drug-likeness (QED) is 0.877. The molecule has 7 heteroatoms. The first-order chi connectivity index (χ1) is 10.8. The van der Waals surface area contributed by atoms with E-state index in [1.54, 1.807) is 6.26 Å². The van der Waals surface area contributed by atoms with Gasteiger partial charge in [-0.25, -0.2) is 9.78 Å². The van der Waals surface area contributed by atoms with E-state index in [-0.39, 0.29) is 6.03 Å². The highest BCUT2D eigenvalue weighted by molar-refractivity contribution is 7.15. The van der Waals surface area contributed by atoms with Crippen molar-refractivity contribution in [3.8, 4) is 0 Å². The van der Waals surface area contributed by atoms with Crippen molar-refractivity contribution in [3.05, 3.63) is 34.2 Å². The number of nitrogens with one attached hydrogen (secondary N) is 1. The fraction of sp³-hybridized carbons (Fsp3) is 0.467. The third-order valence-corrected chi connectivity index (χ3v) is 5.01. The number of hydrogen-bond donors (Lipinski definition) is 1. The van der Waals surface area contributed by atoms with Gasteiger partial charge >= 0.3 is 6.03 Å². The maximum atomic E-state index is 12.5. The number of thiazole rings is 1. The second-order valence-corrected chi connectivity index (χ2v) is 6.60. The van der Waals surface area contributed by atoms with Crippen molar-refractivity contribution < 1.29 is 13.9 Å². The molecule has 0 atom stereocenters. The number of anilines is 1. The van der Waals surface area contributed by atoms with E-state index in [1.165, 1.54) is 11.3 Å². The van der Waals surface area contributed by atoms with Crippen LogP contribution in [-0.2, 0) is 30.7 Å². The Bertz CT molecular complexity index is 671. The van der Waals surface area contributed by atoms with E-state index in [4.69, 9.17) is 9.15 Å². The van der Waals surface area contributed by atoms with Crippen molar-refractivity contribution in [2.75, 3.05) is 18.5 Å². The van der Waals surface area contributed by atoms with Gasteiger partial charge in [-0.15, -0.1) is 0 Å². The highest BCUT2D eigenvalue weighted by Crippen LogP contribution is 2.27. The lowest BCUT2D eigenvalue weighted by Crippen LogP contribution is -2.34. The summed E-state index contributed by atoms with van der Waals surface area (Å²) < 4.78 is 10.9. The summed E-state index contributed by atoms with van der Waals surface area (Å²) >= 11 is 1.51. The average Bonchev–Trinajstić information content (AvgIpc) is 3.07. The largest absolute Gasteiger partial charge is 0.469 e. The van der Waals surface area contributed by atoms with Gasteiger partial charge in [0.2, 0.25) is 0 Å². The molecule has 2 aromatic heterocycles. The zero-order valence-corrected chi connectivity index (χ0v) is 12.9. The van der Waals surface area contributed by atoms with Crippen LogP contribution < -0.4 is 5.32 Å². The normalized spacial score (nSPS) is 17.5. The van der Waals surface area contributed by atoms with E-state index in [9.17, 15) is 4.79 Å². The summed E-state index contributed by atoms with van der Waals surface area (Å²) in [6, 6.07) is 1.85. The molecule has 1 N–H and O–H groups in total. The Balaban J connectivity index is 1.46. The second-order valence-electron chi connectivity index (χ2n) is 5.52. The van der Waals surface area contributed by atoms with E-state index < -0.39 is 0 Å². The van der Waals surface area contributed by atoms with Gasteiger partial charge in [0.25, 0.3) is 0 Å². The molecule has 0 unspecified atom stereocenters. The summed E-state index contributed by atoms with van der Waals surface area (Å²) in [6.45, 7) is 2.63. The maximum Gasteiger partial charge on any atom is 0.323 e. The van der Waals surface area contributed by atoms with Crippen molar-refractivity contribution in [3.63, 3.8) is 0 Å². The van der Waals surface area contributed by atoms with Crippen molar-refractivity contribution in [1.82, 2.24) is 9.88 Å². The molecule has 0 aliphatic carbocycles. The SMILES string of the molecule is O=C(Nc1nc2c(s1)COCC2)N1CCCc2occc2C1. The molecule has 0 saturated heterocycles. The van der Waals surface area contributed by atoms with E-state index in [2.05, 4.69) is 10.3 Å². The van der Waals surface area contributed by atoms with Gasteiger partial charge in [0, 0.05) is 24.9 Å². The van der Waals surface area contributed by atoms with Gasteiger partial charge in [-0.3, -0.25) is 5.32 Å². The first-order valence-electron chi connectivity index (χ1n) is 7.47. The summed E-state index contributed by atoms with van der Waals surface area (Å²) in [5.74, 6) is 0.997. The molecule has 6 nitrogen and oxygen atoms in total. The number of carbonyl (C=O) groups excluding carboxylic acids is 1. The monoisotopic (exact) mass is 319 g/mol. The molecule has 0 bridgehead atoms. The molecule has 2 aliphatic heterocycles. The van der Waals surface area contributed by atoms with Crippen LogP contribution in [0.15, 0.2) is 16.7 Å². The van der Waals surface area contributed by atoms with Gasteiger partial charge in [-0.1, -0.05) is 11.3 Å². The standard InChI is InChI=1S/C15H17N3O3S/c19-15(17-14-16-11-4-6-20-9-13(11)22-14)18-5-1-2-12-10(8-18)3-7-21-12/h3,7H,1-2,4-6,8-9H2,(H,16,17,19). The van der Waals surface area contributed by atoms with E-state index in [0.29, 0.717) is 24.9 Å². The molecule has 0 saturated carbocycles. The first-order valence-corrected chi connectivity index (χ1v) is 8.29. The molecule has 116 valence electrons. The van der Waals surface area contributed by atoms with Gasteiger partial charge in [0.05, 0.1) is 36.6 Å². The third kappa shape index (κ3) is 2.62. The molecule has 2 aromatic rings. The molecular formula is C15H17N3O3S. The number of carbonyl (C=O) groups is 1. The number of ether oxygens (including phenoxy) is 1. The molecule has 2 aliphatic rings. The number of urea groups is 1. The summed E-state index contributed by atoms with van der Waals surface area (Å²) in [5.41, 5.74) is 2.15. The predicted molar refractivity (Wildman–Crippen MR) is 81.9 cm³/mol. The minimum absolute atomic E-state index is 0.0962. The molecule has 4 heterocycles. The fourth-order valence-corrected chi connectivity index (χ4v) is 3.80. The molecule has 22 heavy (non-hydrogen) atoms. The number of aryl methyl sites for hydroxylation is 1. The Labute approximate surface area is 132 Å². The molecular weight excluding hydrogens is 302 g/mol. The van der Waals surface area contributed by atoms with Crippen molar-refractivity contribution in [2.45, 2.75) is 32.4 Å². The number of aromatic nitrogens is 1. The van der Waals surface area contributed by atoms with Crippen molar-refractivity contribution in [2.24, 2.45) is 0 Å². The lowest BCUT2D eigenvalue weighted by Gasteiger charge is -2.19. The molecule has 0 radical (unpaired) electrons. The van der Waals surface area contributed by atoms with Gasteiger partial charge in [0.15, 0.2) is 5.13 Å². The van der Waals surface area contributed by atoms with E-state index in [0.717, 1.165) is 47.7 Å². The van der Waals surface area contributed by atoms with Crippen LogP contribution in [0.2, 0.25) is 0 Å². The maximum absolute atomic E-state index is 12.5. The molecule has 0 aromatic carbocycles. The van der Waals surface area contributed by atoms with E-state index >= 15 is 0 Å². The summed E-state index contributed by atoms with van der Waals surface area (Å²) in [5, 5.41) is 3.59. The third-order valence-electron chi connectivity index (χ3n) is 4.03. The Morgan fingerprint density at radius 2 is 2.36 bits per heavy atom. The van der Waals surface area contributed by atoms with Gasteiger partial charge < -0.3 is 14.1 Å². The zero-order chi connectivity index (χ0) is 14.9. The highest BCUT2D eigenvalue weighted by atomic mass is 32.1. The van der Waals surface area contributed by atoms with Crippen LogP contribution in [0.1, 0.15) is 28.3 Å². The second kappa shape index (κ2) is 5.73. The Hall–Kier alpha value is -1.86. The minimum Gasteiger partial charge on any atom is -0.469 e. The molecule has 2 amide bonds. The topological polar surface area (TPSA) is 67.6 Å². The predicted octanol–water partition coefficient (Wildman–Crippen LogP) is 2.79. The minimum atomic E-state index is -0.0962. The van der Waals surface area contributed by atoms with Crippen molar-refractivity contribution >= 4 is 22.5 Å². The van der Waals surface area contributed by atoms with Gasteiger partial charge in [-0.05, 0) is 12.5 Å². The zero-order valence-electron chi connectivity index (χ0n) is 12.1. The number of furan rings is 1. The number of hydrogen-bond acceptors (Lipinski definition) is 5. The lowest BCUT2D eigenvalue weighted by atomic mass is 10.2. The molecule has 4 rings (SSSR count). The summed E-state index contributed by atoms with van der Waals surface area (Å²) in [7, 11) is 0. The summed E-state index contributed by atoms with van der Waals surface area (Å²) in [6.07, 6.45) is 4.32. The Morgan fingerprint density at radius 1 is 1.41 bits per heavy atom. The fourth-order valence-electron chi connectivity index (χ4n) is 2.86. The highest BCUT2D eigenvalue weighted by Gasteiger charge is 2.22. The van der Waals surface area contributed by atoms with E-state index in [1.807, 2.05) is 11.0 Å².